The molecular weight excluding hydrogens is 367 g/mol. The summed E-state index contributed by atoms with van der Waals surface area (Å²) in [6.45, 7) is 0.194. The first-order valence-electron chi connectivity index (χ1n) is 8.18. The van der Waals surface area contributed by atoms with Crippen LogP contribution in [0.15, 0.2) is 65.3 Å². The fourth-order valence-corrected chi connectivity index (χ4v) is 3.69. The number of thiazole rings is 1. The number of hydrogen-bond acceptors (Lipinski definition) is 5. The van der Waals surface area contributed by atoms with Gasteiger partial charge < -0.3 is 9.15 Å². The first-order chi connectivity index (χ1) is 13.1. The smallest absolute Gasteiger partial charge is 0.260 e. The van der Waals surface area contributed by atoms with Gasteiger partial charge in [0.2, 0.25) is 0 Å². The first kappa shape index (κ1) is 17.2. The summed E-state index contributed by atoms with van der Waals surface area (Å²) >= 11 is 1.36. The zero-order chi connectivity index (χ0) is 18.8. The third-order valence-electron chi connectivity index (χ3n) is 4.03. The average molecular weight is 382 g/mol. The summed E-state index contributed by atoms with van der Waals surface area (Å²) in [7, 11) is 1.60. The molecule has 0 spiro atoms. The second-order valence-corrected chi connectivity index (χ2v) is 6.82. The maximum Gasteiger partial charge on any atom is 0.260 e. The Bertz CT molecular complexity index is 1090. The van der Waals surface area contributed by atoms with E-state index in [9.17, 15) is 9.18 Å². The molecule has 27 heavy (non-hydrogen) atoms. The molecule has 0 saturated carbocycles. The van der Waals surface area contributed by atoms with Crippen LogP contribution < -0.4 is 9.64 Å². The number of halogens is 1. The number of fused-ring (bicyclic) bond motifs is 1. The molecule has 2 aromatic carbocycles. The average Bonchev–Trinajstić information content (AvgIpc) is 3.34. The number of carbonyl (C=O) groups excluding carboxylic acids is 1. The Morgan fingerprint density at radius 3 is 2.85 bits per heavy atom. The van der Waals surface area contributed by atoms with Crippen LogP contribution in [0.4, 0.5) is 9.52 Å². The molecule has 7 heteroatoms. The Morgan fingerprint density at radius 2 is 2.11 bits per heavy atom. The van der Waals surface area contributed by atoms with E-state index < -0.39 is 5.82 Å². The number of nitrogens with zero attached hydrogens (tertiary/aromatic N) is 2. The predicted molar refractivity (Wildman–Crippen MR) is 102 cm³/mol. The van der Waals surface area contributed by atoms with E-state index in [-0.39, 0.29) is 18.0 Å². The Hall–Kier alpha value is -3.19. The van der Waals surface area contributed by atoms with Gasteiger partial charge in [0.15, 0.2) is 5.13 Å². The van der Waals surface area contributed by atoms with Gasteiger partial charge in [0, 0.05) is 5.56 Å². The van der Waals surface area contributed by atoms with Crippen LogP contribution in [0.1, 0.15) is 16.1 Å². The van der Waals surface area contributed by atoms with Crippen molar-refractivity contribution in [2.75, 3.05) is 12.0 Å². The number of methoxy groups -OCH3 is 1. The lowest BCUT2D eigenvalue weighted by molar-refractivity contribution is 0.0983. The predicted octanol–water partition coefficient (Wildman–Crippen LogP) is 4.88. The fourth-order valence-electron chi connectivity index (χ4n) is 2.70. The van der Waals surface area contributed by atoms with Gasteiger partial charge in [-0.25, -0.2) is 9.37 Å². The second-order valence-electron chi connectivity index (χ2n) is 5.81. The van der Waals surface area contributed by atoms with E-state index in [0.717, 1.165) is 10.2 Å². The summed E-state index contributed by atoms with van der Waals surface area (Å²) in [6.07, 6.45) is 1.55. The van der Waals surface area contributed by atoms with Crippen LogP contribution in [0.5, 0.6) is 5.75 Å². The van der Waals surface area contributed by atoms with Crippen molar-refractivity contribution in [3.8, 4) is 5.75 Å². The molecule has 0 aliphatic carbocycles. The molecule has 1 amide bonds. The topological polar surface area (TPSA) is 55.6 Å². The van der Waals surface area contributed by atoms with Crippen molar-refractivity contribution in [2.45, 2.75) is 6.54 Å². The number of anilines is 1. The SMILES string of the molecule is COc1ccc2nc(N(Cc3ccco3)C(=O)c3cccc(F)c3)sc2c1. The minimum Gasteiger partial charge on any atom is -0.497 e. The highest BCUT2D eigenvalue weighted by molar-refractivity contribution is 7.22. The van der Waals surface area contributed by atoms with Crippen LogP contribution in [-0.2, 0) is 6.54 Å². The van der Waals surface area contributed by atoms with Crippen molar-refractivity contribution in [3.63, 3.8) is 0 Å². The fraction of sp³-hybridized carbons (Fsp3) is 0.100. The van der Waals surface area contributed by atoms with Gasteiger partial charge >= 0.3 is 0 Å². The van der Waals surface area contributed by atoms with Gasteiger partial charge in [0.05, 0.1) is 30.1 Å². The maximum absolute atomic E-state index is 13.6. The molecular formula is C20H15FN2O3S. The molecule has 2 aromatic heterocycles. The van der Waals surface area contributed by atoms with Crippen LogP contribution in [0.25, 0.3) is 10.2 Å². The number of hydrogen-bond donors (Lipinski definition) is 0. The van der Waals surface area contributed by atoms with Crippen LogP contribution in [0.2, 0.25) is 0 Å². The summed E-state index contributed by atoms with van der Waals surface area (Å²) < 4.78 is 25.1. The largest absolute Gasteiger partial charge is 0.497 e. The molecule has 136 valence electrons. The van der Waals surface area contributed by atoms with Crippen molar-refractivity contribution >= 4 is 32.6 Å². The van der Waals surface area contributed by atoms with Crippen LogP contribution in [0.3, 0.4) is 0 Å². The van der Waals surface area contributed by atoms with Gasteiger partial charge in [-0.2, -0.15) is 0 Å². The van der Waals surface area contributed by atoms with Crippen molar-refractivity contribution < 1.29 is 18.3 Å². The lowest BCUT2D eigenvalue weighted by Gasteiger charge is -2.18. The molecule has 0 aliphatic rings. The molecule has 0 radical (unpaired) electrons. The zero-order valence-corrected chi connectivity index (χ0v) is 15.2. The molecule has 0 fully saturated rings. The van der Waals surface area contributed by atoms with Gasteiger partial charge in [-0.15, -0.1) is 0 Å². The highest BCUT2D eigenvalue weighted by Gasteiger charge is 2.23. The number of benzene rings is 2. The van der Waals surface area contributed by atoms with E-state index in [0.29, 0.717) is 16.6 Å². The number of rotatable bonds is 5. The number of aromatic nitrogens is 1. The van der Waals surface area contributed by atoms with E-state index in [4.69, 9.17) is 9.15 Å². The first-order valence-corrected chi connectivity index (χ1v) is 9.00. The molecule has 4 rings (SSSR count). The van der Waals surface area contributed by atoms with Gasteiger partial charge in [-0.3, -0.25) is 9.69 Å². The van der Waals surface area contributed by atoms with Crippen molar-refractivity contribution in [3.05, 3.63) is 78.0 Å². The van der Waals surface area contributed by atoms with Crippen LogP contribution >= 0.6 is 11.3 Å². The number of ether oxygens (including phenoxy) is 1. The normalized spacial score (nSPS) is 10.9. The van der Waals surface area contributed by atoms with Crippen molar-refractivity contribution in [2.24, 2.45) is 0 Å². The molecule has 0 bridgehead atoms. The lowest BCUT2D eigenvalue weighted by Crippen LogP contribution is -2.30. The van der Waals surface area contributed by atoms with E-state index in [1.165, 1.54) is 34.4 Å². The summed E-state index contributed by atoms with van der Waals surface area (Å²) in [4.78, 5) is 19.1. The number of amides is 1. The van der Waals surface area contributed by atoms with E-state index in [1.807, 2.05) is 18.2 Å². The number of furan rings is 1. The van der Waals surface area contributed by atoms with Gasteiger partial charge in [0.25, 0.3) is 5.91 Å². The molecule has 4 aromatic rings. The monoisotopic (exact) mass is 382 g/mol. The van der Waals surface area contributed by atoms with Crippen LogP contribution in [0, 0.1) is 5.82 Å². The molecule has 2 heterocycles. The highest BCUT2D eigenvalue weighted by Crippen LogP contribution is 2.33. The molecule has 0 aliphatic heterocycles. The van der Waals surface area contributed by atoms with Gasteiger partial charge in [-0.05, 0) is 48.5 Å². The molecule has 0 atom stereocenters. The molecule has 0 N–H and O–H groups in total. The quantitative estimate of drug-likeness (QED) is 0.493. The van der Waals surface area contributed by atoms with E-state index >= 15 is 0 Å². The standard InChI is InChI=1S/C20H15FN2O3S/c1-25-15-7-8-17-18(11-15)27-20(22-17)23(12-16-6-3-9-26-16)19(24)13-4-2-5-14(21)10-13/h2-11H,12H2,1H3. The minimum atomic E-state index is -0.465. The summed E-state index contributed by atoms with van der Waals surface area (Å²) in [5, 5.41) is 0.504. The molecule has 5 nitrogen and oxygen atoms in total. The Morgan fingerprint density at radius 1 is 1.22 bits per heavy atom. The Labute approximate surface area is 158 Å². The van der Waals surface area contributed by atoms with Crippen LogP contribution in [-0.4, -0.2) is 18.0 Å². The summed E-state index contributed by atoms with van der Waals surface area (Å²) in [6, 6.07) is 14.7. The maximum atomic E-state index is 13.6. The van der Waals surface area contributed by atoms with E-state index in [2.05, 4.69) is 4.98 Å². The Balaban J connectivity index is 1.76. The van der Waals surface area contributed by atoms with Crippen molar-refractivity contribution in [1.29, 1.82) is 0 Å². The van der Waals surface area contributed by atoms with E-state index in [1.54, 1.807) is 31.6 Å². The minimum absolute atomic E-state index is 0.194. The second kappa shape index (κ2) is 7.20. The third-order valence-corrected chi connectivity index (χ3v) is 5.07. The van der Waals surface area contributed by atoms with Gasteiger partial charge in [-0.1, -0.05) is 17.4 Å². The molecule has 0 saturated heterocycles. The molecule has 0 unspecified atom stereocenters. The van der Waals surface area contributed by atoms with Crippen molar-refractivity contribution in [1.82, 2.24) is 4.98 Å². The zero-order valence-electron chi connectivity index (χ0n) is 14.4. The van der Waals surface area contributed by atoms with Gasteiger partial charge in [0.1, 0.15) is 17.3 Å². The summed E-state index contributed by atoms with van der Waals surface area (Å²) in [5.41, 5.74) is 1.01. The highest BCUT2D eigenvalue weighted by atomic mass is 32.1. The third kappa shape index (κ3) is 3.54. The number of carbonyl (C=O) groups is 1. The lowest BCUT2D eigenvalue weighted by atomic mass is 10.2. The Kier molecular flexibility index (Phi) is 4.60. The summed E-state index contributed by atoms with van der Waals surface area (Å²) in [5.74, 6) is 0.507.